The molecule has 0 aliphatic carbocycles. The highest BCUT2D eigenvalue weighted by molar-refractivity contribution is 5.91. The van der Waals surface area contributed by atoms with E-state index in [1.807, 2.05) is 18.2 Å². The van der Waals surface area contributed by atoms with Gasteiger partial charge in [-0.1, -0.05) is 24.3 Å². The summed E-state index contributed by atoms with van der Waals surface area (Å²) in [5.74, 6) is -0.187. The molecule has 2 atom stereocenters. The van der Waals surface area contributed by atoms with Crippen LogP contribution in [0.3, 0.4) is 0 Å². The van der Waals surface area contributed by atoms with Crippen molar-refractivity contribution in [2.45, 2.75) is 31.3 Å². The van der Waals surface area contributed by atoms with Crippen LogP contribution in [0, 0.1) is 0 Å². The first-order chi connectivity index (χ1) is 9.75. The molecule has 0 radical (unpaired) electrons. The van der Waals surface area contributed by atoms with Crippen LogP contribution >= 0.6 is 0 Å². The first kappa shape index (κ1) is 13.1. The number of benzene rings is 1. The first-order valence-electron chi connectivity index (χ1n) is 7.15. The van der Waals surface area contributed by atoms with Crippen LogP contribution in [0.1, 0.15) is 30.0 Å². The lowest BCUT2D eigenvalue weighted by Gasteiger charge is -2.29. The van der Waals surface area contributed by atoms with Crippen LogP contribution in [-0.4, -0.2) is 30.9 Å². The van der Waals surface area contributed by atoms with Gasteiger partial charge in [0.1, 0.15) is 12.1 Å². The molecule has 106 valence electrons. The third-order valence-electron chi connectivity index (χ3n) is 3.97. The van der Waals surface area contributed by atoms with E-state index in [0.717, 1.165) is 24.9 Å². The zero-order valence-electron chi connectivity index (χ0n) is 11.3. The zero-order chi connectivity index (χ0) is 13.9. The van der Waals surface area contributed by atoms with E-state index in [1.165, 1.54) is 5.56 Å². The predicted octanol–water partition coefficient (Wildman–Crippen LogP) is 0.268. The van der Waals surface area contributed by atoms with Crippen molar-refractivity contribution in [1.29, 1.82) is 0 Å². The van der Waals surface area contributed by atoms with Gasteiger partial charge in [-0.2, -0.15) is 0 Å². The maximum absolute atomic E-state index is 12.4. The molecule has 3 rings (SSSR count). The van der Waals surface area contributed by atoms with Gasteiger partial charge in [0.05, 0.1) is 0 Å². The molecule has 1 aromatic rings. The lowest BCUT2D eigenvalue weighted by atomic mass is 9.93. The molecule has 5 heteroatoms. The monoisotopic (exact) mass is 273 g/mol. The first-order valence-corrected chi connectivity index (χ1v) is 7.15. The van der Waals surface area contributed by atoms with E-state index in [2.05, 4.69) is 22.0 Å². The predicted molar refractivity (Wildman–Crippen MR) is 75.1 cm³/mol. The molecule has 5 nitrogen and oxygen atoms in total. The van der Waals surface area contributed by atoms with Crippen molar-refractivity contribution in [3.8, 4) is 0 Å². The maximum Gasteiger partial charge on any atom is 0.242 e. The van der Waals surface area contributed by atoms with Crippen LogP contribution in [0.5, 0.6) is 0 Å². The molecule has 0 saturated carbocycles. The van der Waals surface area contributed by atoms with Crippen molar-refractivity contribution >= 4 is 11.8 Å². The molecule has 1 saturated heterocycles. The number of fused-ring (bicyclic) bond motifs is 1. The summed E-state index contributed by atoms with van der Waals surface area (Å²) in [4.78, 5) is 24.1. The van der Waals surface area contributed by atoms with E-state index in [1.54, 1.807) is 0 Å². The summed E-state index contributed by atoms with van der Waals surface area (Å²) in [5, 5.41) is 8.89. The third-order valence-corrected chi connectivity index (χ3v) is 3.97. The van der Waals surface area contributed by atoms with Gasteiger partial charge in [0.15, 0.2) is 0 Å². The van der Waals surface area contributed by atoms with Crippen LogP contribution in [0.15, 0.2) is 24.3 Å². The maximum atomic E-state index is 12.4. The number of rotatable bonds is 2. The highest BCUT2D eigenvalue weighted by atomic mass is 16.2. The Morgan fingerprint density at radius 1 is 1.25 bits per heavy atom. The van der Waals surface area contributed by atoms with Gasteiger partial charge in [-0.15, -0.1) is 0 Å². The topological polar surface area (TPSA) is 70.2 Å². The Hall–Kier alpha value is -1.88. The Balaban J connectivity index is 1.73. The third kappa shape index (κ3) is 2.54. The van der Waals surface area contributed by atoms with Gasteiger partial charge in [0.2, 0.25) is 11.8 Å². The van der Waals surface area contributed by atoms with Crippen LogP contribution in [0.2, 0.25) is 0 Å². The van der Waals surface area contributed by atoms with Crippen LogP contribution < -0.4 is 16.0 Å². The fourth-order valence-corrected chi connectivity index (χ4v) is 2.90. The SMILES string of the molecule is O=C1NCCCC1NC(=O)C1NCCc2ccccc21. The largest absolute Gasteiger partial charge is 0.354 e. The van der Waals surface area contributed by atoms with Gasteiger partial charge in [-0.25, -0.2) is 0 Å². The number of nitrogens with one attached hydrogen (secondary N) is 3. The molecular weight excluding hydrogens is 254 g/mol. The van der Waals surface area contributed by atoms with Crippen molar-refractivity contribution in [3.05, 3.63) is 35.4 Å². The standard InChI is InChI=1S/C15H19N3O2/c19-14-12(6-3-8-17-14)18-15(20)13-11-5-2-1-4-10(11)7-9-16-13/h1-2,4-5,12-13,16H,3,6-9H2,(H,17,19)(H,18,20). The Kier molecular flexibility index (Phi) is 3.69. The highest BCUT2D eigenvalue weighted by Gasteiger charge is 2.30. The van der Waals surface area contributed by atoms with E-state index in [-0.39, 0.29) is 17.9 Å². The summed E-state index contributed by atoms with van der Waals surface area (Å²) < 4.78 is 0. The summed E-state index contributed by atoms with van der Waals surface area (Å²) >= 11 is 0. The molecule has 0 aromatic heterocycles. The van der Waals surface area contributed by atoms with Gasteiger partial charge in [-0.05, 0) is 30.4 Å². The highest BCUT2D eigenvalue weighted by Crippen LogP contribution is 2.23. The lowest BCUT2D eigenvalue weighted by molar-refractivity contribution is -0.131. The van der Waals surface area contributed by atoms with Gasteiger partial charge in [0.25, 0.3) is 0 Å². The summed E-state index contributed by atoms with van der Waals surface area (Å²) in [6.45, 7) is 1.49. The van der Waals surface area contributed by atoms with Crippen molar-refractivity contribution in [2.75, 3.05) is 13.1 Å². The molecule has 2 aliphatic heterocycles. The Morgan fingerprint density at radius 2 is 2.10 bits per heavy atom. The van der Waals surface area contributed by atoms with Crippen LogP contribution in [0.25, 0.3) is 0 Å². The smallest absolute Gasteiger partial charge is 0.242 e. The second kappa shape index (κ2) is 5.63. The zero-order valence-corrected chi connectivity index (χ0v) is 11.3. The summed E-state index contributed by atoms with van der Waals surface area (Å²) in [5.41, 5.74) is 2.23. The van der Waals surface area contributed by atoms with Crippen molar-refractivity contribution in [2.24, 2.45) is 0 Å². The normalized spacial score (nSPS) is 25.5. The fraction of sp³-hybridized carbons (Fsp3) is 0.467. The second-order valence-electron chi connectivity index (χ2n) is 5.33. The minimum absolute atomic E-state index is 0.0753. The lowest BCUT2D eigenvalue weighted by Crippen LogP contribution is -2.53. The van der Waals surface area contributed by atoms with Gasteiger partial charge >= 0.3 is 0 Å². The van der Waals surface area contributed by atoms with Gasteiger partial charge in [-0.3, -0.25) is 9.59 Å². The summed E-state index contributed by atoms with van der Waals surface area (Å²) in [7, 11) is 0. The second-order valence-corrected chi connectivity index (χ2v) is 5.33. The molecule has 1 fully saturated rings. The minimum atomic E-state index is -0.396. The number of carbonyl (C=O) groups is 2. The average Bonchev–Trinajstić information content (AvgIpc) is 2.49. The van der Waals surface area contributed by atoms with Crippen LogP contribution in [-0.2, 0) is 16.0 Å². The van der Waals surface area contributed by atoms with Crippen molar-refractivity contribution in [1.82, 2.24) is 16.0 Å². The van der Waals surface area contributed by atoms with E-state index in [0.29, 0.717) is 13.0 Å². The van der Waals surface area contributed by atoms with Gasteiger partial charge < -0.3 is 16.0 Å². The van der Waals surface area contributed by atoms with E-state index < -0.39 is 6.04 Å². The van der Waals surface area contributed by atoms with Crippen LogP contribution in [0.4, 0.5) is 0 Å². The minimum Gasteiger partial charge on any atom is -0.354 e. The molecule has 20 heavy (non-hydrogen) atoms. The molecule has 2 unspecified atom stereocenters. The van der Waals surface area contributed by atoms with Crippen molar-refractivity contribution in [3.63, 3.8) is 0 Å². The molecule has 2 aliphatic rings. The quantitative estimate of drug-likeness (QED) is 0.724. The molecule has 3 N–H and O–H groups in total. The number of piperidine rings is 1. The molecule has 2 heterocycles. The molecule has 0 spiro atoms. The number of hydrogen-bond acceptors (Lipinski definition) is 3. The number of amides is 2. The fourth-order valence-electron chi connectivity index (χ4n) is 2.90. The van der Waals surface area contributed by atoms with Crippen molar-refractivity contribution < 1.29 is 9.59 Å². The summed E-state index contributed by atoms with van der Waals surface area (Å²) in [6, 6.07) is 7.23. The summed E-state index contributed by atoms with van der Waals surface area (Å²) in [6.07, 6.45) is 2.56. The average molecular weight is 273 g/mol. The molecular formula is C15H19N3O2. The number of carbonyl (C=O) groups excluding carboxylic acids is 2. The Morgan fingerprint density at radius 3 is 2.95 bits per heavy atom. The molecule has 1 aromatic carbocycles. The molecule has 0 bridgehead atoms. The Bertz CT molecular complexity index is 530. The molecule has 2 amide bonds. The van der Waals surface area contributed by atoms with Gasteiger partial charge in [0, 0.05) is 13.1 Å². The van der Waals surface area contributed by atoms with E-state index in [9.17, 15) is 9.59 Å². The van der Waals surface area contributed by atoms with E-state index >= 15 is 0 Å². The Labute approximate surface area is 118 Å². The number of hydrogen-bond donors (Lipinski definition) is 3. The van der Waals surface area contributed by atoms with E-state index in [4.69, 9.17) is 0 Å².